The standard InChI is InChI=1S/C14H25N3O3/c1-3-12-11-13(20-15-12)14(18)16(2)5-4-6-17-7-9-19-10-8-17/h13H,3-11H2,1-2H3/t13-/m1/s1. The third kappa shape index (κ3) is 4.18. The SMILES string of the molecule is CCC1=NO[C@@H](C(=O)N(C)CCCN2CCOCC2)C1. The first-order chi connectivity index (χ1) is 9.70. The maximum atomic E-state index is 12.2. The van der Waals surface area contributed by atoms with Crippen molar-refractivity contribution in [3.8, 4) is 0 Å². The summed E-state index contributed by atoms with van der Waals surface area (Å²) in [6.07, 6.45) is 2.07. The molecule has 1 amide bonds. The van der Waals surface area contributed by atoms with Gasteiger partial charge in [0.15, 0.2) is 0 Å². The first-order valence-electron chi connectivity index (χ1n) is 7.47. The fourth-order valence-electron chi connectivity index (χ4n) is 2.48. The van der Waals surface area contributed by atoms with Crippen LogP contribution in [0.2, 0.25) is 0 Å². The van der Waals surface area contributed by atoms with E-state index in [4.69, 9.17) is 9.57 Å². The number of hydrogen-bond acceptors (Lipinski definition) is 5. The minimum absolute atomic E-state index is 0.0409. The number of rotatable bonds is 6. The number of oxime groups is 1. The minimum Gasteiger partial charge on any atom is -0.382 e. The molecule has 0 aromatic rings. The molecule has 0 saturated carbocycles. The molecule has 0 aromatic heterocycles. The summed E-state index contributed by atoms with van der Waals surface area (Å²) in [5, 5.41) is 3.94. The van der Waals surface area contributed by atoms with Crippen LogP contribution in [0.5, 0.6) is 0 Å². The predicted octanol–water partition coefficient (Wildman–Crippen LogP) is 0.722. The average Bonchev–Trinajstić information content (AvgIpc) is 2.96. The van der Waals surface area contributed by atoms with E-state index in [1.807, 2.05) is 14.0 Å². The molecule has 1 fully saturated rings. The highest BCUT2D eigenvalue weighted by Crippen LogP contribution is 2.14. The van der Waals surface area contributed by atoms with E-state index >= 15 is 0 Å². The number of nitrogens with zero attached hydrogens (tertiary/aromatic N) is 3. The molecule has 0 N–H and O–H groups in total. The number of carbonyl (C=O) groups is 1. The van der Waals surface area contributed by atoms with Gasteiger partial charge in [-0.05, 0) is 12.8 Å². The van der Waals surface area contributed by atoms with Crippen molar-refractivity contribution in [2.75, 3.05) is 46.4 Å². The van der Waals surface area contributed by atoms with E-state index in [1.54, 1.807) is 4.90 Å². The molecule has 6 nitrogen and oxygen atoms in total. The van der Waals surface area contributed by atoms with Crippen molar-refractivity contribution in [3.05, 3.63) is 0 Å². The summed E-state index contributed by atoms with van der Waals surface area (Å²) in [5.74, 6) is 0.0409. The number of hydrogen-bond donors (Lipinski definition) is 0. The summed E-state index contributed by atoms with van der Waals surface area (Å²) in [6, 6.07) is 0. The zero-order valence-electron chi connectivity index (χ0n) is 12.5. The van der Waals surface area contributed by atoms with E-state index in [2.05, 4.69) is 10.1 Å². The highest BCUT2D eigenvalue weighted by molar-refractivity contribution is 5.92. The van der Waals surface area contributed by atoms with Crippen molar-refractivity contribution < 1.29 is 14.4 Å². The molecule has 2 rings (SSSR count). The van der Waals surface area contributed by atoms with Crippen LogP contribution in [0.15, 0.2) is 5.16 Å². The highest BCUT2D eigenvalue weighted by atomic mass is 16.6. The highest BCUT2D eigenvalue weighted by Gasteiger charge is 2.29. The first kappa shape index (κ1) is 15.3. The Balaban J connectivity index is 1.64. The van der Waals surface area contributed by atoms with Gasteiger partial charge in [0.2, 0.25) is 6.10 Å². The van der Waals surface area contributed by atoms with Gasteiger partial charge in [-0.2, -0.15) is 0 Å². The van der Waals surface area contributed by atoms with E-state index in [-0.39, 0.29) is 5.91 Å². The van der Waals surface area contributed by atoms with Gasteiger partial charge in [0.05, 0.1) is 18.9 Å². The van der Waals surface area contributed by atoms with Gasteiger partial charge in [0, 0.05) is 39.6 Å². The van der Waals surface area contributed by atoms with Crippen LogP contribution in [-0.4, -0.2) is 74.0 Å². The second-order valence-electron chi connectivity index (χ2n) is 5.38. The van der Waals surface area contributed by atoms with E-state index in [0.717, 1.165) is 57.9 Å². The number of morpholine rings is 1. The molecule has 2 aliphatic rings. The molecular formula is C14H25N3O3. The molecule has 0 spiro atoms. The minimum atomic E-state index is -0.404. The van der Waals surface area contributed by atoms with Crippen LogP contribution in [0.3, 0.4) is 0 Å². The van der Waals surface area contributed by atoms with Gasteiger partial charge in [-0.1, -0.05) is 12.1 Å². The van der Waals surface area contributed by atoms with Crippen molar-refractivity contribution in [1.82, 2.24) is 9.80 Å². The average molecular weight is 283 g/mol. The Morgan fingerprint density at radius 1 is 1.45 bits per heavy atom. The molecule has 1 atom stereocenters. The molecule has 1 saturated heterocycles. The summed E-state index contributed by atoms with van der Waals surface area (Å²) in [7, 11) is 1.84. The van der Waals surface area contributed by atoms with E-state index in [9.17, 15) is 4.79 Å². The smallest absolute Gasteiger partial charge is 0.266 e. The maximum Gasteiger partial charge on any atom is 0.266 e. The lowest BCUT2D eigenvalue weighted by atomic mass is 10.1. The molecule has 0 unspecified atom stereocenters. The molecule has 2 heterocycles. The van der Waals surface area contributed by atoms with Crippen LogP contribution in [0.4, 0.5) is 0 Å². The third-order valence-electron chi connectivity index (χ3n) is 3.86. The Morgan fingerprint density at radius 2 is 2.20 bits per heavy atom. The molecule has 0 radical (unpaired) electrons. The van der Waals surface area contributed by atoms with Crippen LogP contribution in [0.1, 0.15) is 26.2 Å². The summed E-state index contributed by atoms with van der Waals surface area (Å²) in [5.41, 5.74) is 0.977. The molecule has 0 aromatic carbocycles. The van der Waals surface area contributed by atoms with Gasteiger partial charge in [-0.25, -0.2) is 0 Å². The lowest BCUT2D eigenvalue weighted by Crippen LogP contribution is -2.40. The summed E-state index contributed by atoms with van der Waals surface area (Å²) >= 11 is 0. The second-order valence-corrected chi connectivity index (χ2v) is 5.38. The monoisotopic (exact) mass is 283 g/mol. The maximum absolute atomic E-state index is 12.2. The Hall–Kier alpha value is -1.14. The third-order valence-corrected chi connectivity index (χ3v) is 3.86. The molecule has 0 bridgehead atoms. The van der Waals surface area contributed by atoms with Crippen molar-refractivity contribution in [2.45, 2.75) is 32.3 Å². The van der Waals surface area contributed by atoms with Gasteiger partial charge >= 0.3 is 0 Å². The van der Waals surface area contributed by atoms with Crippen LogP contribution in [0, 0.1) is 0 Å². The Kier molecular flexibility index (Phi) is 5.79. The van der Waals surface area contributed by atoms with E-state index < -0.39 is 6.10 Å². The summed E-state index contributed by atoms with van der Waals surface area (Å²) in [4.78, 5) is 21.5. The van der Waals surface area contributed by atoms with Gasteiger partial charge in [-0.15, -0.1) is 0 Å². The molecular weight excluding hydrogens is 258 g/mol. The first-order valence-corrected chi connectivity index (χ1v) is 7.47. The van der Waals surface area contributed by atoms with Crippen molar-refractivity contribution in [2.24, 2.45) is 5.16 Å². The molecule has 6 heteroatoms. The number of likely N-dealkylation sites (N-methyl/N-ethyl adjacent to an activating group) is 1. The van der Waals surface area contributed by atoms with Gasteiger partial charge in [0.25, 0.3) is 5.91 Å². The predicted molar refractivity (Wildman–Crippen MR) is 76.7 cm³/mol. The normalized spacial score (nSPS) is 23.3. The lowest BCUT2D eigenvalue weighted by molar-refractivity contribution is -0.140. The van der Waals surface area contributed by atoms with E-state index in [1.165, 1.54) is 0 Å². The fourth-order valence-corrected chi connectivity index (χ4v) is 2.48. The Labute approximate surface area is 120 Å². The number of carbonyl (C=O) groups excluding carboxylic acids is 1. The van der Waals surface area contributed by atoms with Crippen molar-refractivity contribution >= 4 is 11.6 Å². The molecule has 0 aliphatic carbocycles. The fraction of sp³-hybridized carbons (Fsp3) is 0.857. The number of amides is 1. The van der Waals surface area contributed by atoms with Gasteiger partial charge < -0.3 is 14.5 Å². The Morgan fingerprint density at radius 3 is 2.85 bits per heavy atom. The van der Waals surface area contributed by atoms with Crippen LogP contribution in [0.25, 0.3) is 0 Å². The van der Waals surface area contributed by atoms with Gasteiger partial charge in [0.1, 0.15) is 0 Å². The number of ether oxygens (including phenoxy) is 1. The Bertz CT molecular complexity index is 354. The zero-order chi connectivity index (χ0) is 14.4. The summed E-state index contributed by atoms with van der Waals surface area (Å²) in [6.45, 7) is 7.44. The molecule has 2 aliphatic heterocycles. The quantitative estimate of drug-likeness (QED) is 0.721. The van der Waals surface area contributed by atoms with Crippen LogP contribution < -0.4 is 0 Å². The zero-order valence-corrected chi connectivity index (χ0v) is 12.5. The van der Waals surface area contributed by atoms with Crippen LogP contribution in [-0.2, 0) is 14.4 Å². The lowest BCUT2D eigenvalue weighted by Gasteiger charge is -2.27. The summed E-state index contributed by atoms with van der Waals surface area (Å²) < 4.78 is 5.32. The van der Waals surface area contributed by atoms with Crippen molar-refractivity contribution in [1.29, 1.82) is 0 Å². The van der Waals surface area contributed by atoms with E-state index in [0.29, 0.717) is 6.42 Å². The topological polar surface area (TPSA) is 54.4 Å². The largest absolute Gasteiger partial charge is 0.382 e. The molecule has 20 heavy (non-hydrogen) atoms. The van der Waals surface area contributed by atoms with Crippen LogP contribution >= 0.6 is 0 Å². The van der Waals surface area contributed by atoms with Crippen molar-refractivity contribution in [3.63, 3.8) is 0 Å². The van der Waals surface area contributed by atoms with Gasteiger partial charge in [-0.3, -0.25) is 9.69 Å². The molecule has 114 valence electrons. The second kappa shape index (κ2) is 7.59.